The molecule has 1 fully saturated rings. The van der Waals surface area contributed by atoms with Gasteiger partial charge in [0.1, 0.15) is 0 Å². The Kier molecular flexibility index (Phi) is 6.00. The third-order valence-electron chi connectivity index (χ3n) is 4.65. The number of likely N-dealkylation sites (N-methyl/N-ethyl adjacent to an activating group) is 1. The standard InChI is InChI=1S/C18H25FN2O4/c1-4-20(3)12-16(22)21-9-7-18(8-10-21,17(23)24)25-15-11-13(2)5-6-14(15)19/h5-6,11H,4,7-10,12H2,1-3H3,(H,23,24). The second-order valence-corrected chi connectivity index (χ2v) is 6.55. The Morgan fingerprint density at radius 2 is 2.00 bits per heavy atom. The molecule has 138 valence electrons. The zero-order valence-corrected chi connectivity index (χ0v) is 14.9. The SMILES string of the molecule is CCN(C)CC(=O)N1CCC(Oc2cc(C)ccc2F)(C(=O)O)CC1. The second kappa shape index (κ2) is 7.82. The molecule has 1 aromatic rings. The summed E-state index contributed by atoms with van der Waals surface area (Å²) in [6, 6.07) is 4.36. The van der Waals surface area contributed by atoms with E-state index in [1.807, 2.05) is 18.9 Å². The Balaban J connectivity index is 2.09. The maximum Gasteiger partial charge on any atom is 0.348 e. The number of aryl methyl sites for hydroxylation is 1. The first-order valence-corrected chi connectivity index (χ1v) is 8.42. The summed E-state index contributed by atoms with van der Waals surface area (Å²) in [6.45, 7) is 5.35. The molecule has 0 bridgehead atoms. The number of halogens is 1. The van der Waals surface area contributed by atoms with Gasteiger partial charge >= 0.3 is 5.97 Å². The molecule has 1 N–H and O–H groups in total. The van der Waals surface area contributed by atoms with Crippen LogP contribution in [0.2, 0.25) is 0 Å². The third kappa shape index (κ3) is 4.48. The maximum atomic E-state index is 14.0. The minimum Gasteiger partial charge on any atom is -0.478 e. The fourth-order valence-corrected chi connectivity index (χ4v) is 2.82. The summed E-state index contributed by atoms with van der Waals surface area (Å²) in [5, 5.41) is 9.66. The lowest BCUT2D eigenvalue weighted by Gasteiger charge is -2.39. The summed E-state index contributed by atoms with van der Waals surface area (Å²) >= 11 is 0. The highest BCUT2D eigenvalue weighted by atomic mass is 19.1. The van der Waals surface area contributed by atoms with Gasteiger partial charge in [-0.15, -0.1) is 0 Å². The molecule has 1 aliphatic rings. The van der Waals surface area contributed by atoms with Crippen molar-refractivity contribution in [3.63, 3.8) is 0 Å². The Hall–Kier alpha value is -2.15. The van der Waals surface area contributed by atoms with Crippen LogP contribution in [0.5, 0.6) is 5.75 Å². The zero-order chi connectivity index (χ0) is 18.6. The van der Waals surface area contributed by atoms with E-state index in [4.69, 9.17) is 4.74 Å². The number of carbonyl (C=O) groups excluding carboxylic acids is 1. The zero-order valence-electron chi connectivity index (χ0n) is 14.9. The van der Waals surface area contributed by atoms with Crippen LogP contribution in [-0.4, -0.2) is 65.6 Å². The van der Waals surface area contributed by atoms with E-state index in [1.165, 1.54) is 12.1 Å². The lowest BCUT2D eigenvalue weighted by atomic mass is 9.91. The third-order valence-corrected chi connectivity index (χ3v) is 4.65. The number of benzene rings is 1. The molecule has 0 radical (unpaired) electrons. The van der Waals surface area contributed by atoms with Crippen molar-refractivity contribution in [1.29, 1.82) is 0 Å². The van der Waals surface area contributed by atoms with Crippen LogP contribution in [0.1, 0.15) is 25.3 Å². The lowest BCUT2D eigenvalue weighted by molar-refractivity contribution is -0.162. The van der Waals surface area contributed by atoms with Crippen LogP contribution in [0.3, 0.4) is 0 Å². The molecule has 0 unspecified atom stereocenters. The number of rotatable bonds is 6. The number of ether oxygens (including phenoxy) is 1. The molecule has 1 heterocycles. The van der Waals surface area contributed by atoms with E-state index >= 15 is 0 Å². The minimum absolute atomic E-state index is 0.0370. The molecule has 6 nitrogen and oxygen atoms in total. The number of hydrogen-bond donors (Lipinski definition) is 1. The number of carboxylic acids is 1. The first kappa shape index (κ1) is 19.2. The van der Waals surface area contributed by atoms with Crippen molar-refractivity contribution in [2.45, 2.75) is 32.3 Å². The van der Waals surface area contributed by atoms with Crippen LogP contribution in [0, 0.1) is 12.7 Å². The fourth-order valence-electron chi connectivity index (χ4n) is 2.82. The van der Waals surface area contributed by atoms with Crippen molar-refractivity contribution >= 4 is 11.9 Å². The van der Waals surface area contributed by atoms with Gasteiger partial charge in [-0.3, -0.25) is 9.69 Å². The van der Waals surface area contributed by atoms with Crippen molar-refractivity contribution in [3.8, 4) is 5.75 Å². The first-order valence-electron chi connectivity index (χ1n) is 8.42. The highest BCUT2D eigenvalue weighted by Crippen LogP contribution is 2.31. The molecular weight excluding hydrogens is 327 g/mol. The molecule has 0 aliphatic carbocycles. The number of nitrogens with zero attached hydrogens (tertiary/aromatic N) is 2. The van der Waals surface area contributed by atoms with E-state index in [1.54, 1.807) is 17.9 Å². The summed E-state index contributed by atoms with van der Waals surface area (Å²) < 4.78 is 19.6. The average molecular weight is 352 g/mol. The van der Waals surface area contributed by atoms with Gasteiger partial charge < -0.3 is 14.7 Å². The van der Waals surface area contributed by atoms with Crippen LogP contribution in [0.25, 0.3) is 0 Å². The topological polar surface area (TPSA) is 70.1 Å². The molecule has 1 aromatic carbocycles. The normalized spacial score (nSPS) is 16.8. The molecule has 2 rings (SSSR count). The van der Waals surface area contributed by atoms with Gasteiger partial charge in [0, 0.05) is 25.9 Å². The second-order valence-electron chi connectivity index (χ2n) is 6.55. The molecule has 0 atom stereocenters. The van der Waals surface area contributed by atoms with Crippen molar-refractivity contribution in [2.75, 3.05) is 33.2 Å². The largest absolute Gasteiger partial charge is 0.478 e. The molecule has 0 spiro atoms. The molecule has 0 aromatic heterocycles. The molecule has 1 aliphatic heterocycles. The number of hydrogen-bond acceptors (Lipinski definition) is 4. The van der Waals surface area contributed by atoms with Crippen molar-refractivity contribution in [2.24, 2.45) is 0 Å². The monoisotopic (exact) mass is 352 g/mol. The van der Waals surface area contributed by atoms with Gasteiger partial charge in [0.15, 0.2) is 11.6 Å². The summed E-state index contributed by atoms with van der Waals surface area (Å²) in [5.74, 6) is -1.82. The van der Waals surface area contributed by atoms with Crippen molar-refractivity contribution < 1.29 is 23.8 Å². The van der Waals surface area contributed by atoms with Crippen LogP contribution in [0.4, 0.5) is 4.39 Å². The number of piperidine rings is 1. The number of carbonyl (C=O) groups is 2. The maximum absolute atomic E-state index is 14.0. The molecular formula is C18H25FN2O4. The Labute approximate surface area is 147 Å². The molecule has 0 saturated carbocycles. The Morgan fingerprint density at radius 3 is 2.56 bits per heavy atom. The summed E-state index contributed by atoms with van der Waals surface area (Å²) in [5.41, 5.74) is -0.727. The quantitative estimate of drug-likeness (QED) is 0.847. The summed E-state index contributed by atoms with van der Waals surface area (Å²) in [7, 11) is 1.85. The van der Waals surface area contributed by atoms with E-state index in [-0.39, 0.29) is 37.6 Å². The molecule has 7 heteroatoms. The van der Waals surface area contributed by atoms with Crippen molar-refractivity contribution in [1.82, 2.24) is 9.80 Å². The summed E-state index contributed by atoms with van der Waals surface area (Å²) in [6.07, 6.45) is 0.245. The highest BCUT2D eigenvalue weighted by molar-refractivity contribution is 5.81. The Bertz CT molecular complexity index is 642. The summed E-state index contributed by atoms with van der Waals surface area (Å²) in [4.78, 5) is 27.6. The van der Waals surface area contributed by atoms with Gasteiger partial charge in [-0.2, -0.15) is 0 Å². The van der Waals surface area contributed by atoms with Crippen LogP contribution < -0.4 is 4.74 Å². The number of likely N-dealkylation sites (tertiary alicyclic amines) is 1. The van der Waals surface area contributed by atoms with Gasteiger partial charge in [-0.1, -0.05) is 13.0 Å². The predicted molar refractivity (Wildman–Crippen MR) is 91.1 cm³/mol. The van der Waals surface area contributed by atoms with Gasteiger partial charge in [0.05, 0.1) is 6.54 Å². The Morgan fingerprint density at radius 1 is 1.36 bits per heavy atom. The van der Waals surface area contributed by atoms with Crippen molar-refractivity contribution in [3.05, 3.63) is 29.6 Å². The first-order chi connectivity index (χ1) is 11.8. The van der Waals surface area contributed by atoms with E-state index in [0.717, 1.165) is 12.1 Å². The van der Waals surface area contributed by atoms with Gasteiger partial charge in [0.2, 0.25) is 11.5 Å². The number of aliphatic carboxylic acids is 1. The molecule has 1 amide bonds. The van der Waals surface area contributed by atoms with Gasteiger partial charge in [-0.05, 0) is 38.2 Å². The molecule has 25 heavy (non-hydrogen) atoms. The molecule has 1 saturated heterocycles. The van der Waals surface area contributed by atoms with Crippen LogP contribution in [0.15, 0.2) is 18.2 Å². The van der Waals surface area contributed by atoms with Gasteiger partial charge in [0.25, 0.3) is 0 Å². The van der Waals surface area contributed by atoms with Crippen LogP contribution in [-0.2, 0) is 9.59 Å². The van der Waals surface area contributed by atoms with E-state index in [0.29, 0.717) is 6.54 Å². The van der Waals surface area contributed by atoms with E-state index in [2.05, 4.69) is 0 Å². The van der Waals surface area contributed by atoms with E-state index in [9.17, 15) is 19.1 Å². The fraction of sp³-hybridized carbons (Fsp3) is 0.556. The number of carboxylic acid groups (broad SMARTS) is 1. The lowest BCUT2D eigenvalue weighted by Crippen LogP contribution is -2.55. The van der Waals surface area contributed by atoms with Gasteiger partial charge in [-0.25, -0.2) is 9.18 Å². The predicted octanol–water partition coefficient (Wildman–Crippen LogP) is 1.91. The average Bonchev–Trinajstić information content (AvgIpc) is 2.58. The number of amides is 1. The highest BCUT2D eigenvalue weighted by Gasteiger charge is 2.45. The van der Waals surface area contributed by atoms with E-state index < -0.39 is 17.4 Å². The minimum atomic E-state index is -1.51. The van der Waals surface area contributed by atoms with Crippen LogP contribution >= 0.6 is 0 Å². The smallest absolute Gasteiger partial charge is 0.348 e.